The van der Waals surface area contributed by atoms with E-state index in [1.807, 2.05) is 0 Å². The molecule has 126 valence electrons. The maximum Gasteiger partial charge on any atom is 0.329 e. The van der Waals surface area contributed by atoms with Gasteiger partial charge in [-0.25, -0.2) is 4.79 Å². The molecule has 0 aliphatic rings. The Bertz CT molecular complexity index is 426. The van der Waals surface area contributed by atoms with Gasteiger partial charge in [0.15, 0.2) is 0 Å². The van der Waals surface area contributed by atoms with Crippen LogP contribution in [-0.4, -0.2) is 60.3 Å². The van der Waals surface area contributed by atoms with Gasteiger partial charge in [0.2, 0.25) is 17.7 Å². The highest BCUT2D eigenvalue weighted by Crippen LogP contribution is 1.89. The zero-order chi connectivity index (χ0) is 17.3. The van der Waals surface area contributed by atoms with Crippen molar-refractivity contribution in [1.29, 1.82) is 0 Å². The molecule has 0 aromatic rings. The van der Waals surface area contributed by atoms with Crippen LogP contribution in [0.25, 0.3) is 0 Å². The second kappa shape index (κ2) is 9.68. The normalized spacial score (nSPS) is 14.4. The second-order valence-electron chi connectivity index (χ2n) is 4.68. The average Bonchev–Trinajstić information content (AvgIpc) is 2.42. The van der Waals surface area contributed by atoms with E-state index < -0.39 is 48.4 Å². The molecule has 22 heavy (non-hydrogen) atoms. The van der Waals surface area contributed by atoms with Crippen LogP contribution in [0.4, 0.5) is 0 Å². The highest BCUT2D eigenvalue weighted by atomic mass is 16.5. The van der Waals surface area contributed by atoms with Crippen LogP contribution in [0.3, 0.4) is 0 Å². The van der Waals surface area contributed by atoms with Gasteiger partial charge >= 0.3 is 5.97 Å². The van der Waals surface area contributed by atoms with Crippen molar-refractivity contribution in [1.82, 2.24) is 16.0 Å². The fraction of sp³-hybridized carbons (Fsp3) is 0.667. The van der Waals surface area contributed by atoms with E-state index in [1.54, 1.807) is 0 Å². The molecular formula is C12H22N4O6. The molecule has 10 nitrogen and oxygen atoms in total. The molecule has 0 bridgehead atoms. The van der Waals surface area contributed by atoms with E-state index in [4.69, 9.17) is 10.8 Å². The van der Waals surface area contributed by atoms with Crippen LogP contribution in [0.2, 0.25) is 0 Å². The Hall–Kier alpha value is -2.20. The number of hydrogen-bond donors (Lipinski definition) is 5. The van der Waals surface area contributed by atoms with Crippen LogP contribution in [0.1, 0.15) is 20.8 Å². The summed E-state index contributed by atoms with van der Waals surface area (Å²) in [4.78, 5) is 44.9. The van der Waals surface area contributed by atoms with Crippen LogP contribution in [0.15, 0.2) is 0 Å². The monoisotopic (exact) mass is 318 g/mol. The lowest BCUT2D eigenvalue weighted by molar-refractivity contribution is -0.143. The van der Waals surface area contributed by atoms with Crippen molar-refractivity contribution in [2.24, 2.45) is 5.73 Å². The third-order valence-corrected chi connectivity index (χ3v) is 2.49. The van der Waals surface area contributed by atoms with Gasteiger partial charge in [-0.15, -0.1) is 0 Å². The fourth-order valence-electron chi connectivity index (χ4n) is 1.23. The first-order valence-electron chi connectivity index (χ1n) is 6.58. The molecule has 3 atom stereocenters. The third kappa shape index (κ3) is 8.17. The molecule has 0 aromatic carbocycles. The van der Waals surface area contributed by atoms with Crippen molar-refractivity contribution in [3.8, 4) is 0 Å². The number of carboxylic acids is 1. The standard InChI is InChI=1S/C12H22N4O6/c1-6(13)10(19)15-8(3)12(21)16-7(2)11(20)14-5-22-4-9(17)18/h6-8H,4-5,13H2,1-3H3,(H,14,20)(H,15,19)(H,16,21)(H,17,18). The summed E-state index contributed by atoms with van der Waals surface area (Å²) in [6, 6.07) is -2.48. The largest absolute Gasteiger partial charge is 0.480 e. The predicted molar refractivity (Wildman–Crippen MR) is 75.5 cm³/mol. The molecule has 3 amide bonds. The SMILES string of the molecule is CC(N)C(=O)NC(C)C(=O)NC(C)C(=O)NCOCC(=O)O. The Morgan fingerprint density at radius 3 is 2.00 bits per heavy atom. The number of hydrogen-bond acceptors (Lipinski definition) is 6. The summed E-state index contributed by atoms with van der Waals surface area (Å²) < 4.78 is 4.63. The van der Waals surface area contributed by atoms with Gasteiger partial charge < -0.3 is 31.5 Å². The molecule has 3 unspecified atom stereocenters. The zero-order valence-electron chi connectivity index (χ0n) is 12.7. The molecule has 6 N–H and O–H groups in total. The van der Waals surface area contributed by atoms with Gasteiger partial charge in [-0.2, -0.15) is 0 Å². The summed E-state index contributed by atoms with van der Waals surface area (Å²) in [5.74, 6) is -2.75. The van der Waals surface area contributed by atoms with E-state index in [-0.39, 0.29) is 6.73 Å². The summed E-state index contributed by atoms with van der Waals surface area (Å²) in [6.45, 7) is 3.54. The Morgan fingerprint density at radius 1 is 1.00 bits per heavy atom. The van der Waals surface area contributed by atoms with Gasteiger partial charge in [-0.05, 0) is 20.8 Å². The van der Waals surface area contributed by atoms with Crippen LogP contribution in [0.5, 0.6) is 0 Å². The first-order chi connectivity index (χ1) is 10.1. The summed E-state index contributed by atoms with van der Waals surface area (Å²) in [5, 5.41) is 15.4. The number of carbonyl (C=O) groups is 4. The number of rotatable bonds is 9. The van der Waals surface area contributed by atoms with Crippen molar-refractivity contribution in [2.75, 3.05) is 13.3 Å². The third-order valence-electron chi connectivity index (χ3n) is 2.49. The fourth-order valence-corrected chi connectivity index (χ4v) is 1.23. The number of ether oxygens (including phenoxy) is 1. The first kappa shape index (κ1) is 19.8. The van der Waals surface area contributed by atoms with Crippen molar-refractivity contribution in [3.63, 3.8) is 0 Å². The minimum absolute atomic E-state index is 0.289. The van der Waals surface area contributed by atoms with Crippen molar-refractivity contribution in [2.45, 2.75) is 38.9 Å². The highest BCUT2D eigenvalue weighted by molar-refractivity contribution is 5.92. The van der Waals surface area contributed by atoms with Gasteiger partial charge in [-0.1, -0.05) is 0 Å². The topological polar surface area (TPSA) is 160 Å². The summed E-state index contributed by atoms with van der Waals surface area (Å²) in [6.07, 6.45) is 0. The van der Waals surface area contributed by atoms with Crippen molar-refractivity contribution in [3.05, 3.63) is 0 Å². The molecule has 0 rings (SSSR count). The van der Waals surface area contributed by atoms with E-state index in [0.29, 0.717) is 0 Å². The molecular weight excluding hydrogens is 296 g/mol. The lowest BCUT2D eigenvalue weighted by Gasteiger charge is -2.19. The Kier molecular flexibility index (Phi) is 8.72. The summed E-state index contributed by atoms with van der Waals surface area (Å²) in [5.41, 5.74) is 5.36. The Balaban J connectivity index is 4.14. The predicted octanol–water partition coefficient (Wildman–Crippen LogP) is -2.48. The maximum absolute atomic E-state index is 11.8. The van der Waals surface area contributed by atoms with E-state index in [9.17, 15) is 19.2 Å². The quantitative estimate of drug-likeness (QED) is 0.232. The number of aliphatic carboxylic acids is 1. The van der Waals surface area contributed by atoms with Crippen LogP contribution in [-0.2, 0) is 23.9 Å². The van der Waals surface area contributed by atoms with E-state index in [0.717, 1.165) is 0 Å². The Labute approximate surface area is 127 Å². The van der Waals surface area contributed by atoms with Crippen LogP contribution >= 0.6 is 0 Å². The molecule has 10 heteroatoms. The van der Waals surface area contributed by atoms with Crippen LogP contribution < -0.4 is 21.7 Å². The van der Waals surface area contributed by atoms with Gasteiger partial charge in [0, 0.05) is 0 Å². The number of carboxylic acid groups (broad SMARTS) is 1. The molecule has 0 saturated heterocycles. The summed E-state index contributed by atoms with van der Waals surface area (Å²) >= 11 is 0. The van der Waals surface area contributed by atoms with E-state index in [2.05, 4.69) is 20.7 Å². The maximum atomic E-state index is 11.8. The van der Waals surface area contributed by atoms with Gasteiger partial charge in [-0.3, -0.25) is 14.4 Å². The molecule has 0 fully saturated rings. The lowest BCUT2D eigenvalue weighted by atomic mass is 10.2. The molecule has 0 saturated carbocycles. The smallest absolute Gasteiger partial charge is 0.329 e. The van der Waals surface area contributed by atoms with E-state index >= 15 is 0 Å². The lowest BCUT2D eigenvalue weighted by Crippen LogP contribution is -2.53. The molecule has 0 aromatic heterocycles. The molecule has 0 aliphatic carbocycles. The number of nitrogens with two attached hydrogens (primary N) is 1. The van der Waals surface area contributed by atoms with E-state index in [1.165, 1.54) is 20.8 Å². The first-order valence-corrected chi connectivity index (χ1v) is 6.58. The molecule has 0 heterocycles. The van der Waals surface area contributed by atoms with Gasteiger partial charge in [0.05, 0.1) is 6.04 Å². The summed E-state index contributed by atoms with van der Waals surface area (Å²) in [7, 11) is 0. The second-order valence-corrected chi connectivity index (χ2v) is 4.68. The van der Waals surface area contributed by atoms with Crippen LogP contribution in [0, 0.1) is 0 Å². The molecule has 0 spiro atoms. The van der Waals surface area contributed by atoms with Gasteiger partial charge in [0.25, 0.3) is 0 Å². The minimum atomic E-state index is -1.16. The Morgan fingerprint density at radius 2 is 1.50 bits per heavy atom. The zero-order valence-corrected chi connectivity index (χ0v) is 12.7. The number of carbonyl (C=O) groups excluding carboxylic acids is 3. The highest BCUT2D eigenvalue weighted by Gasteiger charge is 2.21. The molecule has 0 radical (unpaired) electrons. The molecule has 0 aliphatic heterocycles. The van der Waals surface area contributed by atoms with Crippen molar-refractivity contribution < 1.29 is 29.0 Å². The minimum Gasteiger partial charge on any atom is -0.480 e. The van der Waals surface area contributed by atoms with Crippen molar-refractivity contribution >= 4 is 23.7 Å². The van der Waals surface area contributed by atoms with Gasteiger partial charge in [0.1, 0.15) is 25.4 Å². The number of amides is 3. The average molecular weight is 318 g/mol. The number of nitrogens with one attached hydrogen (secondary N) is 3.